The van der Waals surface area contributed by atoms with Gasteiger partial charge in [0, 0.05) is 12.6 Å². The molecule has 1 aromatic heterocycles. The van der Waals surface area contributed by atoms with Crippen molar-refractivity contribution in [3.05, 3.63) is 52.4 Å². The van der Waals surface area contributed by atoms with Crippen molar-refractivity contribution in [1.82, 2.24) is 4.72 Å². The van der Waals surface area contributed by atoms with Crippen molar-refractivity contribution in [3.8, 4) is 0 Å². The molecule has 0 amide bonds. The molecular weight excluding hydrogens is 356 g/mol. The number of nitrogens with two attached hydrogens (primary N) is 1. The molecule has 0 atom stereocenters. The highest BCUT2D eigenvalue weighted by atomic mass is 79.9. The van der Waals surface area contributed by atoms with Gasteiger partial charge in [0.15, 0.2) is 4.67 Å². The number of aryl methyl sites for hydroxylation is 1. The summed E-state index contributed by atoms with van der Waals surface area (Å²) in [5.41, 5.74) is 6.62. The zero-order chi connectivity index (χ0) is 15.3. The molecule has 2 aromatic rings. The van der Waals surface area contributed by atoms with Gasteiger partial charge in [-0.1, -0.05) is 30.3 Å². The van der Waals surface area contributed by atoms with E-state index in [2.05, 4.69) is 20.7 Å². The van der Waals surface area contributed by atoms with Gasteiger partial charge >= 0.3 is 0 Å². The smallest absolute Gasteiger partial charge is 0.244 e. The quantitative estimate of drug-likeness (QED) is 0.730. The van der Waals surface area contributed by atoms with Crippen LogP contribution < -0.4 is 10.5 Å². The predicted octanol–water partition coefficient (Wildman–Crippen LogP) is 2.41. The second kappa shape index (κ2) is 7.22. The number of sulfonamides is 1. The van der Waals surface area contributed by atoms with E-state index in [1.165, 1.54) is 11.6 Å². The number of nitrogens with one attached hydrogen (secondary N) is 1. The normalized spacial score (nSPS) is 11.7. The van der Waals surface area contributed by atoms with Gasteiger partial charge in [-0.2, -0.15) is 0 Å². The largest absolute Gasteiger partial charge is 0.452 e. The predicted molar refractivity (Wildman–Crippen MR) is 84.3 cm³/mol. The first-order chi connectivity index (χ1) is 10.0. The number of hydrogen-bond acceptors (Lipinski definition) is 4. The Morgan fingerprint density at radius 3 is 2.57 bits per heavy atom. The standard InChI is InChI=1S/C14H17BrN2O3S/c15-14-13(9-12(10-16)20-14)21(18,19)17-8-4-7-11-5-2-1-3-6-11/h1-3,5-6,9,17H,4,7-8,10,16H2. The summed E-state index contributed by atoms with van der Waals surface area (Å²) in [7, 11) is -3.58. The van der Waals surface area contributed by atoms with Crippen LogP contribution in [0.3, 0.4) is 0 Å². The Labute approximate surface area is 132 Å². The molecule has 0 aliphatic rings. The number of furan rings is 1. The fraction of sp³-hybridized carbons (Fsp3) is 0.286. The van der Waals surface area contributed by atoms with Crippen LogP contribution in [-0.4, -0.2) is 15.0 Å². The van der Waals surface area contributed by atoms with Crippen molar-refractivity contribution >= 4 is 26.0 Å². The van der Waals surface area contributed by atoms with Crippen LogP contribution in [0.4, 0.5) is 0 Å². The van der Waals surface area contributed by atoms with Crippen LogP contribution in [0.1, 0.15) is 17.7 Å². The second-order valence-electron chi connectivity index (χ2n) is 4.54. The number of halogens is 1. The molecule has 0 fully saturated rings. The minimum atomic E-state index is -3.58. The maximum absolute atomic E-state index is 12.2. The van der Waals surface area contributed by atoms with E-state index in [0.29, 0.717) is 12.3 Å². The molecule has 0 bridgehead atoms. The minimum absolute atomic E-state index is 0.0858. The van der Waals surface area contributed by atoms with Gasteiger partial charge in [-0.25, -0.2) is 13.1 Å². The van der Waals surface area contributed by atoms with Gasteiger partial charge < -0.3 is 10.2 Å². The lowest BCUT2D eigenvalue weighted by molar-refractivity contribution is 0.483. The van der Waals surface area contributed by atoms with Crippen LogP contribution in [-0.2, 0) is 23.0 Å². The molecular formula is C14H17BrN2O3S. The third-order valence-electron chi connectivity index (χ3n) is 2.97. The van der Waals surface area contributed by atoms with Gasteiger partial charge in [-0.05, 0) is 34.3 Å². The van der Waals surface area contributed by atoms with Crippen LogP contribution in [0, 0.1) is 0 Å². The first-order valence-electron chi connectivity index (χ1n) is 6.55. The summed E-state index contributed by atoms with van der Waals surface area (Å²) >= 11 is 3.10. The van der Waals surface area contributed by atoms with E-state index in [9.17, 15) is 8.42 Å². The van der Waals surface area contributed by atoms with Gasteiger partial charge in [0.1, 0.15) is 10.7 Å². The first kappa shape index (κ1) is 16.2. The van der Waals surface area contributed by atoms with Crippen molar-refractivity contribution in [2.24, 2.45) is 5.73 Å². The summed E-state index contributed by atoms with van der Waals surface area (Å²) < 4.78 is 32.2. The fourth-order valence-electron chi connectivity index (χ4n) is 1.90. The second-order valence-corrected chi connectivity index (χ2v) is 7.00. The van der Waals surface area contributed by atoms with Gasteiger partial charge in [-0.15, -0.1) is 0 Å². The fourth-order valence-corrected chi connectivity index (χ4v) is 3.97. The third kappa shape index (κ3) is 4.41. The molecule has 3 N–H and O–H groups in total. The zero-order valence-corrected chi connectivity index (χ0v) is 13.8. The Morgan fingerprint density at radius 2 is 1.95 bits per heavy atom. The molecule has 1 aromatic carbocycles. The topological polar surface area (TPSA) is 85.3 Å². The summed E-state index contributed by atoms with van der Waals surface area (Å²) in [6.45, 7) is 0.523. The highest BCUT2D eigenvalue weighted by molar-refractivity contribution is 9.10. The van der Waals surface area contributed by atoms with Crippen molar-refractivity contribution in [1.29, 1.82) is 0 Å². The van der Waals surface area contributed by atoms with E-state index in [-0.39, 0.29) is 16.1 Å². The molecule has 0 saturated carbocycles. The number of hydrogen-bond donors (Lipinski definition) is 2. The Kier molecular flexibility index (Phi) is 5.58. The summed E-state index contributed by atoms with van der Waals surface area (Å²) in [5, 5.41) is 0. The SMILES string of the molecule is NCc1cc(S(=O)(=O)NCCCc2ccccc2)c(Br)o1. The molecule has 2 rings (SSSR count). The molecule has 0 radical (unpaired) electrons. The molecule has 0 unspecified atom stereocenters. The maximum atomic E-state index is 12.2. The molecule has 114 valence electrons. The Balaban J connectivity index is 1.91. The highest BCUT2D eigenvalue weighted by Gasteiger charge is 2.21. The van der Waals surface area contributed by atoms with Gasteiger partial charge in [0.2, 0.25) is 10.0 Å². The van der Waals surface area contributed by atoms with Crippen LogP contribution >= 0.6 is 15.9 Å². The highest BCUT2D eigenvalue weighted by Crippen LogP contribution is 2.25. The molecule has 0 saturated heterocycles. The Bertz CT molecular complexity index is 683. The molecule has 5 nitrogen and oxygen atoms in total. The zero-order valence-electron chi connectivity index (χ0n) is 11.4. The number of rotatable bonds is 7. The summed E-state index contributed by atoms with van der Waals surface area (Å²) in [4.78, 5) is 0.0858. The summed E-state index contributed by atoms with van der Waals surface area (Å²) in [5.74, 6) is 0.423. The van der Waals surface area contributed by atoms with Crippen molar-refractivity contribution in [2.45, 2.75) is 24.3 Å². The van der Waals surface area contributed by atoms with E-state index < -0.39 is 10.0 Å². The van der Waals surface area contributed by atoms with E-state index in [1.54, 1.807) is 0 Å². The van der Waals surface area contributed by atoms with Crippen LogP contribution in [0.5, 0.6) is 0 Å². The van der Waals surface area contributed by atoms with Gasteiger partial charge in [-0.3, -0.25) is 0 Å². The molecule has 1 heterocycles. The van der Waals surface area contributed by atoms with Crippen molar-refractivity contribution in [3.63, 3.8) is 0 Å². The Morgan fingerprint density at radius 1 is 1.24 bits per heavy atom. The molecule has 21 heavy (non-hydrogen) atoms. The van der Waals surface area contributed by atoms with Gasteiger partial charge in [0.25, 0.3) is 0 Å². The van der Waals surface area contributed by atoms with E-state index >= 15 is 0 Å². The summed E-state index contributed by atoms with van der Waals surface area (Å²) in [6, 6.07) is 11.4. The molecule has 0 spiro atoms. The average molecular weight is 373 g/mol. The van der Waals surface area contributed by atoms with Crippen molar-refractivity contribution in [2.75, 3.05) is 6.54 Å². The lowest BCUT2D eigenvalue weighted by Gasteiger charge is -2.05. The molecule has 0 aliphatic heterocycles. The van der Waals surface area contributed by atoms with E-state index in [4.69, 9.17) is 10.2 Å². The van der Waals surface area contributed by atoms with Crippen LogP contribution in [0.25, 0.3) is 0 Å². The monoisotopic (exact) mass is 372 g/mol. The third-order valence-corrected chi connectivity index (χ3v) is 5.29. The Hall–Kier alpha value is -1.15. The van der Waals surface area contributed by atoms with Gasteiger partial charge in [0.05, 0.1) is 6.54 Å². The lowest BCUT2D eigenvalue weighted by atomic mass is 10.1. The van der Waals surface area contributed by atoms with Crippen molar-refractivity contribution < 1.29 is 12.8 Å². The minimum Gasteiger partial charge on any atom is -0.452 e. The average Bonchev–Trinajstić information content (AvgIpc) is 2.87. The lowest BCUT2D eigenvalue weighted by Crippen LogP contribution is -2.25. The van der Waals surface area contributed by atoms with E-state index in [1.807, 2.05) is 30.3 Å². The first-order valence-corrected chi connectivity index (χ1v) is 8.82. The van der Waals surface area contributed by atoms with Crippen LogP contribution in [0.15, 0.2) is 50.4 Å². The van der Waals surface area contributed by atoms with E-state index in [0.717, 1.165) is 12.8 Å². The summed E-state index contributed by atoms with van der Waals surface area (Å²) in [6.07, 6.45) is 1.55. The van der Waals surface area contributed by atoms with Crippen LogP contribution in [0.2, 0.25) is 0 Å². The molecule has 0 aliphatic carbocycles. The molecule has 7 heteroatoms. The maximum Gasteiger partial charge on any atom is 0.244 e. The number of benzene rings is 1.